The number of thiophene rings is 1. The molecule has 124 valence electrons. The van der Waals surface area contributed by atoms with Crippen LogP contribution in [0, 0.1) is 5.82 Å². The van der Waals surface area contributed by atoms with Gasteiger partial charge in [-0.05, 0) is 48.0 Å². The minimum absolute atomic E-state index is 0.112. The van der Waals surface area contributed by atoms with Crippen LogP contribution >= 0.6 is 11.3 Å². The highest BCUT2D eigenvalue weighted by atomic mass is 32.1. The highest BCUT2D eigenvalue weighted by Crippen LogP contribution is 2.39. The summed E-state index contributed by atoms with van der Waals surface area (Å²) in [6, 6.07) is 14.9. The van der Waals surface area contributed by atoms with E-state index in [2.05, 4.69) is 4.98 Å². The number of ether oxygens (including phenoxy) is 1. The monoisotopic (exact) mass is 352 g/mol. The van der Waals surface area contributed by atoms with Gasteiger partial charge in [0.15, 0.2) is 11.6 Å². The Labute approximate surface area is 147 Å². The molecule has 0 saturated carbocycles. The molecular weight excluding hydrogens is 339 g/mol. The summed E-state index contributed by atoms with van der Waals surface area (Å²) in [5.41, 5.74) is 7.64. The molecule has 0 aliphatic carbocycles. The van der Waals surface area contributed by atoms with E-state index in [0.717, 1.165) is 20.7 Å². The number of nitrogens with zero attached hydrogens (tertiary/aromatic N) is 1. The number of aromatic nitrogens is 1. The zero-order chi connectivity index (χ0) is 17.4. The van der Waals surface area contributed by atoms with E-state index in [4.69, 9.17) is 10.5 Å². The maximum absolute atomic E-state index is 14.0. The van der Waals surface area contributed by atoms with Crippen molar-refractivity contribution in [2.24, 2.45) is 0 Å². The number of fused-ring (bicyclic) bond motifs is 1. The largest absolute Gasteiger partial charge is 0.508 e. The maximum Gasteiger partial charge on any atom is 0.167 e. The van der Waals surface area contributed by atoms with Crippen molar-refractivity contribution in [3.63, 3.8) is 0 Å². The summed E-state index contributed by atoms with van der Waals surface area (Å²) in [4.78, 5) is 5.33. The van der Waals surface area contributed by atoms with Crippen LogP contribution in [0.15, 0.2) is 60.8 Å². The standard InChI is InChI=1S/C19H13FN2O2S/c20-14-9-12(21)3-6-16(14)24-17-7-8-22-15-10-18(25-19(15)17)11-1-4-13(23)5-2-11/h1-10,23H,21H2. The lowest BCUT2D eigenvalue weighted by Crippen LogP contribution is -1.91. The fraction of sp³-hybridized carbons (Fsp3) is 0. The van der Waals surface area contributed by atoms with E-state index < -0.39 is 5.82 Å². The molecule has 3 N–H and O–H groups in total. The van der Waals surface area contributed by atoms with Gasteiger partial charge in [-0.1, -0.05) is 0 Å². The summed E-state index contributed by atoms with van der Waals surface area (Å²) >= 11 is 1.49. The molecule has 0 radical (unpaired) electrons. The Morgan fingerprint density at radius 1 is 1.00 bits per heavy atom. The first-order valence-electron chi connectivity index (χ1n) is 7.51. The zero-order valence-electron chi connectivity index (χ0n) is 12.9. The van der Waals surface area contributed by atoms with Crippen LogP contribution in [0.2, 0.25) is 0 Å². The van der Waals surface area contributed by atoms with Gasteiger partial charge in [0.05, 0.1) is 10.2 Å². The minimum atomic E-state index is -0.514. The number of nitrogens with two attached hydrogens (primary N) is 1. The Hall–Kier alpha value is -3.12. The third-order valence-electron chi connectivity index (χ3n) is 3.70. The predicted molar refractivity (Wildman–Crippen MR) is 97.6 cm³/mol. The summed E-state index contributed by atoms with van der Waals surface area (Å²) in [5, 5.41) is 9.42. The number of halogens is 1. The maximum atomic E-state index is 14.0. The van der Waals surface area contributed by atoms with Crippen LogP contribution < -0.4 is 10.5 Å². The van der Waals surface area contributed by atoms with Crippen LogP contribution in [0.3, 0.4) is 0 Å². The van der Waals surface area contributed by atoms with Crippen LogP contribution in [-0.2, 0) is 0 Å². The summed E-state index contributed by atoms with van der Waals surface area (Å²) in [6.45, 7) is 0. The molecule has 0 amide bonds. The van der Waals surface area contributed by atoms with Gasteiger partial charge in [0, 0.05) is 28.9 Å². The Bertz CT molecular complexity index is 1060. The lowest BCUT2D eigenvalue weighted by molar-refractivity contribution is 0.447. The number of hydrogen-bond acceptors (Lipinski definition) is 5. The first-order valence-corrected chi connectivity index (χ1v) is 8.32. The van der Waals surface area contributed by atoms with E-state index in [0.29, 0.717) is 11.4 Å². The van der Waals surface area contributed by atoms with Crippen molar-refractivity contribution in [2.75, 3.05) is 5.73 Å². The first kappa shape index (κ1) is 15.4. The van der Waals surface area contributed by atoms with Gasteiger partial charge in [0.2, 0.25) is 0 Å². The van der Waals surface area contributed by atoms with Crippen LogP contribution in [0.4, 0.5) is 10.1 Å². The number of rotatable bonds is 3. The number of phenols is 1. The number of aromatic hydroxyl groups is 1. The van der Waals surface area contributed by atoms with Crippen LogP contribution in [-0.4, -0.2) is 10.1 Å². The van der Waals surface area contributed by atoms with Crippen LogP contribution in [0.25, 0.3) is 20.7 Å². The summed E-state index contributed by atoms with van der Waals surface area (Å²) < 4.78 is 20.6. The second-order valence-corrected chi connectivity index (χ2v) is 6.53. The molecule has 6 heteroatoms. The molecule has 0 spiro atoms. The Kier molecular flexibility index (Phi) is 3.74. The third-order valence-corrected chi connectivity index (χ3v) is 4.89. The molecule has 0 aliphatic heterocycles. The molecule has 2 heterocycles. The van der Waals surface area contributed by atoms with Gasteiger partial charge in [-0.3, -0.25) is 4.98 Å². The molecule has 4 rings (SSSR count). The zero-order valence-corrected chi connectivity index (χ0v) is 13.8. The van der Waals surface area contributed by atoms with Gasteiger partial charge in [-0.25, -0.2) is 4.39 Å². The molecule has 0 aliphatic rings. The van der Waals surface area contributed by atoms with Gasteiger partial charge >= 0.3 is 0 Å². The van der Waals surface area contributed by atoms with Crippen molar-refractivity contribution in [3.05, 3.63) is 66.6 Å². The van der Waals surface area contributed by atoms with Gasteiger partial charge in [-0.2, -0.15) is 0 Å². The van der Waals surface area contributed by atoms with E-state index in [-0.39, 0.29) is 11.5 Å². The average molecular weight is 352 g/mol. The van der Waals surface area contributed by atoms with E-state index in [9.17, 15) is 9.50 Å². The van der Waals surface area contributed by atoms with E-state index in [1.165, 1.54) is 23.5 Å². The minimum Gasteiger partial charge on any atom is -0.508 e. The molecule has 4 aromatic rings. The topological polar surface area (TPSA) is 68.4 Å². The molecule has 0 saturated heterocycles. The Morgan fingerprint density at radius 3 is 2.56 bits per heavy atom. The molecular formula is C19H13FN2O2S. The van der Waals surface area contributed by atoms with E-state index in [1.807, 2.05) is 18.2 Å². The molecule has 0 fully saturated rings. The number of benzene rings is 2. The molecule has 25 heavy (non-hydrogen) atoms. The second-order valence-electron chi connectivity index (χ2n) is 5.47. The third kappa shape index (κ3) is 2.99. The van der Waals surface area contributed by atoms with Crippen LogP contribution in [0.5, 0.6) is 17.2 Å². The van der Waals surface area contributed by atoms with Crippen molar-refractivity contribution in [3.8, 4) is 27.7 Å². The van der Waals surface area contributed by atoms with E-state index >= 15 is 0 Å². The average Bonchev–Trinajstić information content (AvgIpc) is 3.03. The fourth-order valence-corrected chi connectivity index (χ4v) is 3.55. The lowest BCUT2D eigenvalue weighted by atomic mass is 10.2. The van der Waals surface area contributed by atoms with Crippen molar-refractivity contribution >= 4 is 27.2 Å². The number of hydrogen-bond donors (Lipinski definition) is 2. The van der Waals surface area contributed by atoms with Crippen molar-refractivity contribution in [2.45, 2.75) is 0 Å². The summed E-state index contributed by atoms with van der Waals surface area (Å²) in [6.07, 6.45) is 1.63. The molecule has 0 bridgehead atoms. The number of nitrogen functional groups attached to an aromatic ring is 1. The van der Waals surface area contributed by atoms with Gasteiger partial charge < -0.3 is 15.6 Å². The van der Waals surface area contributed by atoms with E-state index in [1.54, 1.807) is 30.5 Å². The SMILES string of the molecule is Nc1ccc(Oc2ccnc3cc(-c4ccc(O)cc4)sc23)c(F)c1. The quantitative estimate of drug-likeness (QED) is 0.498. The van der Waals surface area contributed by atoms with Gasteiger partial charge in [-0.15, -0.1) is 11.3 Å². The summed E-state index contributed by atoms with van der Waals surface area (Å²) in [5.74, 6) is 0.344. The second kappa shape index (κ2) is 6.07. The number of pyridine rings is 1. The lowest BCUT2D eigenvalue weighted by Gasteiger charge is -2.07. The van der Waals surface area contributed by atoms with Crippen molar-refractivity contribution in [1.82, 2.24) is 4.98 Å². The smallest absolute Gasteiger partial charge is 0.167 e. The normalized spacial score (nSPS) is 10.9. The van der Waals surface area contributed by atoms with Crippen molar-refractivity contribution < 1.29 is 14.2 Å². The highest BCUT2D eigenvalue weighted by molar-refractivity contribution is 7.22. The number of phenolic OH excluding ortho intramolecular Hbond substituents is 1. The highest BCUT2D eigenvalue weighted by Gasteiger charge is 2.12. The molecule has 0 atom stereocenters. The Morgan fingerprint density at radius 2 is 1.80 bits per heavy atom. The molecule has 2 aromatic heterocycles. The van der Waals surface area contributed by atoms with Gasteiger partial charge in [0.25, 0.3) is 0 Å². The first-order chi connectivity index (χ1) is 12.1. The van der Waals surface area contributed by atoms with Gasteiger partial charge in [0.1, 0.15) is 11.5 Å². The molecule has 4 nitrogen and oxygen atoms in total. The van der Waals surface area contributed by atoms with Crippen molar-refractivity contribution in [1.29, 1.82) is 0 Å². The number of anilines is 1. The molecule has 2 aromatic carbocycles. The Balaban J connectivity index is 1.76. The van der Waals surface area contributed by atoms with Crippen LogP contribution in [0.1, 0.15) is 0 Å². The fourth-order valence-electron chi connectivity index (χ4n) is 2.48. The summed E-state index contributed by atoms with van der Waals surface area (Å²) in [7, 11) is 0. The molecule has 0 unspecified atom stereocenters. The predicted octanol–water partition coefficient (Wildman–Crippen LogP) is 5.18.